The molecule has 154 valence electrons. The first-order valence-corrected chi connectivity index (χ1v) is 9.57. The Kier molecular flexibility index (Phi) is 6.76. The number of amides is 2. The Morgan fingerprint density at radius 2 is 1.80 bits per heavy atom. The lowest BCUT2D eigenvalue weighted by molar-refractivity contribution is -0.120. The number of nitrogens with zero attached hydrogens (tertiary/aromatic N) is 2. The molecule has 0 bridgehead atoms. The van der Waals surface area contributed by atoms with Crippen LogP contribution in [0.5, 0.6) is 5.75 Å². The minimum atomic E-state index is -0.547. The number of pyridine rings is 1. The van der Waals surface area contributed by atoms with Gasteiger partial charge in [0.25, 0.3) is 5.91 Å². The van der Waals surface area contributed by atoms with Crippen molar-refractivity contribution in [3.63, 3.8) is 0 Å². The van der Waals surface area contributed by atoms with E-state index < -0.39 is 5.91 Å². The van der Waals surface area contributed by atoms with E-state index in [4.69, 9.17) is 39.4 Å². The summed E-state index contributed by atoms with van der Waals surface area (Å²) in [6.45, 7) is -0.152. The number of hydrogen-bond donors (Lipinski definition) is 2. The number of hydrogen-bond acceptors (Lipinski definition) is 5. The molecule has 0 aliphatic carbocycles. The molecule has 2 aromatic carbocycles. The summed E-state index contributed by atoms with van der Waals surface area (Å²) in [5.74, 6) is -0.507. The standard InChI is InChI=1S/C21H18Cl2N4O3/c22-15-3-6-17(23)14(9-15)11-27(19-10-26-8-7-18(19)24)20(28)12-30-16-4-1-13(2-5-16)21(25)29/h1-10H,11-12H2,(H2,24,26)(H2,25,29). The predicted molar refractivity (Wildman–Crippen MR) is 117 cm³/mol. The van der Waals surface area contributed by atoms with Crippen molar-refractivity contribution in [2.24, 2.45) is 5.73 Å². The van der Waals surface area contributed by atoms with E-state index in [0.29, 0.717) is 38.3 Å². The molecule has 9 heteroatoms. The van der Waals surface area contributed by atoms with Crippen LogP contribution in [0.4, 0.5) is 11.4 Å². The zero-order valence-corrected chi connectivity index (χ0v) is 17.2. The highest BCUT2D eigenvalue weighted by Crippen LogP contribution is 2.28. The normalized spacial score (nSPS) is 10.5. The molecule has 0 spiro atoms. The van der Waals surface area contributed by atoms with Gasteiger partial charge in [0.05, 0.1) is 24.1 Å². The average molecular weight is 445 g/mol. The summed E-state index contributed by atoms with van der Waals surface area (Å²) in [6.07, 6.45) is 3.03. The molecule has 0 saturated heterocycles. The Morgan fingerprint density at radius 3 is 2.47 bits per heavy atom. The van der Waals surface area contributed by atoms with Crippen LogP contribution in [-0.2, 0) is 11.3 Å². The fourth-order valence-electron chi connectivity index (χ4n) is 2.70. The van der Waals surface area contributed by atoms with Gasteiger partial charge in [0.1, 0.15) is 5.75 Å². The van der Waals surface area contributed by atoms with E-state index in [1.54, 1.807) is 36.4 Å². The zero-order valence-electron chi connectivity index (χ0n) is 15.7. The Morgan fingerprint density at radius 1 is 1.07 bits per heavy atom. The van der Waals surface area contributed by atoms with E-state index in [-0.39, 0.29) is 19.1 Å². The van der Waals surface area contributed by atoms with Gasteiger partial charge in [-0.05, 0) is 54.1 Å². The van der Waals surface area contributed by atoms with E-state index >= 15 is 0 Å². The second-order valence-corrected chi connectivity index (χ2v) is 7.17. The van der Waals surface area contributed by atoms with Crippen LogP contribution in [0.15, 0.2) is 60.9 Å². The quantitative estimate of drug-likeness (QED) is 0.576. The first-order chi connectivity index (χ1) is 14.3. The Balaban J connectivity index is 1.82. The summed E-state index contributed by atoms with van der Waals surface area (Å²) in [4.78, 5) is 29.7. The average Bonchev–Trinajstić information content (AvgIpc) is 2.73. The lowest BCUT2D eigenvalue weighted by Crippen LogP contribution is -2.35. The fourth-order valence-corrected chi connectivity index (χ4v) is 3.08. The number of carbonyl (C=O) groups excluding carboxylic acids is 2. The van der Waals surface area contributed by atoms with Gasteiger partial charge in [-0.2, -0.15) is 0 Å². The number of primary amides is 1. The molecule has 2 amide bonds. The Labute approximate surface area is 183 Å². The van der Waals surface area contributed by atoms with Crippen molar-refractivity contribution >= 4 is 46.4 Å². The van der Waals surface area contributed by atoms with Crippen molar-refractivity contribution in [3.8, 4) is 5.75 Å². The smallest absolute Gasteiger partial charge is 0.265 e. The highest BCUT2D eigenvalue weighted by Gasteiger charge is 2.21. The van der Waals surface area contributed by atoms with Crippen molar-refractivity contribution in [1.29, 1.82) is 0 Å². The molecule has 0 saturated carbocycles. The molecule has 0 fully saturated rings. The third-order valence-corrected chi connectivity index (χ3v) is 4.87. The van der Waals surface area contributed by atoms with E-state index in [1.807, 2.05) is 0 Å². The maximum Gasteiger partial charge on any atom is 0.265 e. The number of nitrogens with two attached hydrogens (primary N) is 2. The third-order valence-electron chi connectivity index (χ3n) is 4.26. The van der Waals surface area contributed by atoms with Crippen molar-refractivity contribution in [3.05, 3.63) is 82.1 Å². The third kappa shape index (κ3) is 5.20. The zero-order chi connectivity index (χ0) is 21.7. The van der Waals surface area contributed by atoms with Gasteiger partial charge in [0, 0.05) is 21.8 Å². The van der Waals surface area contributed by atoms with Crippen LogP contribution in [0.3, 0.4) is 0 Å². The van der Waals surface area contributed by atoms with Crippen LogP contribution in [0, 0.1) is 0 Å². The molecular weight excluding hydrogens is 427 g/mol. The molecule has 7 nitrogen and oxygen atoms in total. The number of anilines is 2. The molecule has 1 aromatic heterocycles. The van der Waals surface area contributed by atoms with Gasteiger partial charge >= 0.3 is 0 Å². The highest BCUT2D eigenvalue weighted by molar-refractivity contribution is 6.33. The van der Waals surface area contributed by atoms with E-state index in [2.05, 4.69) is 4.98 Å². The van der Waals surface area contributed by atoms with Crippen molar-refractivity contribution in [2.45, 2.75) is 6.54 Å². The number of benzene rings is 2. The lowest BCUT2D eigenvalue weighted by Gasteiger charge is -2.24. The molecule has 0 atom stereocenters. The molecule has 0 aliphatic rings. The van der Waals surface area contributed by atoms with Crippen LogP contribution in [0.1, 0.15) is 15.9 Å². The van der Waals surface area contributed by atoms with Gasteiger partial charge < -0.3 is 21.1 Å². The summed E-state index contributed by atoms with van der Waals surface area (Å²) in [6, 6.07) is 12.8. The largest absolute Gasteiger partial charge is 0.484 e. The SMILES string of the molecule is NC(=O)c1ccc(OCC(=O)N(Cc2cc(Cl)ccc2Cl)c2cnccc2N)cc1. The molecule has 30 heavy (non-hydrogen) atoms. The van der Waals surface area contributed by atoms with Gasteiger partial charge in [-0.15, -0.1) is 0 Å². The Hall–Kier alpha value is -3.29. The summed E-state index contributed by atoms with van der Waals surface area (Å²) in [7, 11) is 0. The minimum Gasteiger partial charge on any atom is -0.484 e. The number of rotatable bonds is 7. The highest BCUT2D eigenvalue weighted by atomic mass is 35.5. The minimum absolute atomic E-state index is 0.123. The van der Waals surface area contributed by atoms with Crippen LogP contribution in [0.25, 0.3) is 0 Å². The van der Waals surface area contributed by atoms with E-state index in [0.717, 1.165) is 0 Å². The van der Waals surface area contributed by atoms with Gasteiger partial charge in [0.2, 0.25) is 5.91 Å². The van der Waals surface area contributed by atoms with Crippen molar-refractivity contribution < 1.29 is 14.3 Å². The summed E-state index contributed by atoms with van der Waals surface area (Å²) < 4.78 is 5.57. The first kappa shape index (κ1) is 21.4. The van der Waals surface area contributed by atoms with Crippen molar-refractivity contribution in [1.82, 2.24) is 4.98 Å². The molecular formula is C21H18Cl2N4O3. The van der Waals surface area contributed by atoms with E-state index in [9.17, 15) is 9.59 Å². The number of ether oxygens (including phenoxy) is 1. The number of carbonyl (C=O) groups is 2. The van der Waals surface area contributed by atoms with Gasteiger partial charge in [-0.3, -0.25) is 14.6 Å². The summed E-state index contributed by atoms with van der Waals surface area (Å²) in [5.41, 5.74) is 13.1. The second kappa shape index (κ2) is 9.47. The number of halogens is 2. The molecule has 0 radical (unpaired) electrons. The molecule has 0 aliphatic heterocycles. The van der Waals surface area contributed by atoms with Crippen LogP contribution in [0.2, 0.25) is 10.0 Å². The molecule has 4 N–H and O–H groups in total. The van der Waals surface area contributed by atoms with Crippen LogP contribution >= 0.6 is 23.2 Å². The lowest BCUT2D eigenvalue weighted by atomic mass is 10.2. The first-order valence-electron chi connectivity index (χ1n) is 8.81. The van der Waals surface area contributed by atoms with Gasteiger partial charge in [0.15, 0.2) is 6.61 Å². The van der Waals surface area contributed by atoms with Crippen LogP contribution in [-0.4, -0.2) is 23.4 Å². The number of nitrogen functional groups attached to an aromatic ring is 1. The van der Waals surface area contributed by atoms with Crippen molar-refractivity contribution in [2.75, 3.05) is 17.2 Å². The van der Waals surface area contributed by atoms with E-state index in [1.165, 1.54) is 29.4 Å². The number of aromatic nitrogens is 1. The Bertz CT molecular complexity index is 1070. The molecule has 3 aromatic rings. The molecule has 0 unspecified atom stereocenters. The molecule has 1 heterocycles. The monoisotopic (exact) mass is 444 g/mol. The predicted octanol–water partition coefficient (Wildman–Crippen LogP) is 3.68. The maximum atomic E-state index is 13.0. The summed E-state index contributed by atoms with van der Waals surface area (Å²) in [5, 5.41) is 0.953. The van der Waals surface area contributed by atoms with Gasteiger partial charge in [-0.1, -0.05) is 23.2 Å². The van der Waals surface area contributed by atoms with Gasteiger partial charge in [-0.25, -0.2) is 0 Å². The molecule has 3 rings (SSSR count). The summed E-state index contributed by atoms with van der Waals surface area (Å²) >= 11 is 12.3. The second-order valence-electron chi connectivity index (χ2n) is 6.33. The van der Waals surface area contributed by atoms with Crippen LogP contribution < -0.4 is 21.1 Å². The maximum absolute atomic E-state index is 13.0. The fraction of sp³-hybridized carbons (Fsp3) is 0.0952. The topological polar surface area (TPSA) is 112 Å².